The molecule has 0 rings (SSSR count). The molecule has 0 atom stereocenters. The first kappa shape index (κ1) is 11.7. The zero-order valence-electron chi connectivity index (χ0n) is 7.19. The van der Waals surface area contributed by atoms with Gasteiger partial charge in [0.25, 0.3) is 5.92 Å². The molecule has 5 heteroatoms. The van der Waals surface area contributed by atoms with Crippen LogP contribution < -0.4 is 5.73 Å². The molecule has 0 aliphatic carbocycles. The van der Waals surface area contributed by atoms with Gasteiger partial charge in [-0.05, 0) is 6.92 Å². The number of hydrogen-bond acceptors (Lipinski definition) is 3. The lowest BCUT2D eigenvalue weighted by Crippen LogP contribution is -2.33. The van der Waals surface area contributed by atoms with Crippen LogP contribution in [0.4, 0.5) is 8.78 Å². The molecule has 0 amide bonds. The van der Waals surface area contributed by atoms with E-state index in [2.05, 4.69) is 4.74 Å². The number of ether oxygens (including phenoxy) is 2. The molecule has 0 aromatic rings. The van der Waals surface area contributed by atoms with Gasteiger partial charge in [-0.1, -0.05) is 0 Å². The molecule has 3 nitrogen and oxygen atoms in total. The van der Waals surface area contributed by atoms with Crippen LogP contribution in [-0.4, -0.2) is 38.9 Å². The summed E-state index contributed by atoms with van der Waals surface area (Å²) >= 11 is 0. The predicted octanol–water partition coefficient (Wildman–Crippen LogP) is 0.634. The lowest BCUT2D eigenvalue weighted by molar-refractivity contribution is -0.0779. The van der Waals surface area contributed by atoms with Gasteiger partial charge in [0.05, 0.1) is 19.8 Å². The molecule has 0 spiro atoms. The van der Waals surface area contributed by atoms with Gasteiger partial charge in [0.2, 0.25) is 0 Å². The fourth-order valence-electron chi connectivity index (χ4n) is 0.543. The summed E-state index contributed by atoms with van der Waals surface area (Å²) in [6.07, 6.45) is 0. The van der Waals surface area contributed by atoms with Gasteiger partial charge >= 0.3 is 0 Å². The third kappa shape index (κ3) is 6.45. The second-order valence-corrected chi connectivity index (χ2v) is 2.31. The highest BCUT2D eigenvalue weighted by molar-refractivity contribution is 4.64. The monoisotopic (exact) mass is 183 g/mol. The van der Waals surface area contributed by atoms with Crippen molar-refractivity contribution in [2.45, 2.75) is 12.8 Å². The molecule has 74 valence electrons. The topological polar surface area (TPSA) is 44.5 Å². The predicted molar refractivity (Wildman–Crippen MR) is 41.3 cm³/mol. The van der Waals surface area contributed by atoms with Gasteiger partial charge in [-0.3, -0.25) is 0 Å². The van der Waals surface area contributed by atoms with Crippen LogP contribution in [0.25, 0.3) is 0 Å². The average molecular weight is 183 g/mol. The Morgan fingerprint density at radius 3 is 2.33 bits per heavy atom. The highest BCUT2D eigenvalue weighted by atomic mass is 19.3. The summed E-state index contributed by atoms with van der Waals surface area (Å²) in [4.78, 5) is 0. The molecule has 0 aliphatic heterocycles. The molecule has 0 fully saturated rings. The van der Waals surface area contributed by atoms with Crippen molar-refractivity contribution < 1.29 is 18.3 Å². The van der Waals surface area contributed by atoms with Gasteiger partial charge < -0.3 is 15.2 Å². The Bertz CT molecular complexity index is 112. The van der Waals surface area contributed by atoms with Crippen molar-refractivity contribution >= 4 is 0 Å². The molecule has 0 aliphatic rings. The van der Waals surface area contributed by atoms with Gasteiger partial charge in [0.1, 0.15) is 6.61 Å². The maximum atomic E-state index is 12.4. The first-order chi connectivity index (χ1) is 5.62. The van der Waals surface area contributed by atoms with E-state index in [0.717, 1.165) is 0 Å². The Labute approximate surface area is 70.8 Å². The van der Waals surface area contributed by atoms with Crippen LogP contribution in [0.3, 0.4) is 0 Å². The molecular weight excluding hydrogens is 168 g/mol. The van der Waals surface area contributed by atoms with Crippen molar-refractivity contribution in [2.75, 3.05) is 33.0 Å². The molecule has 0 aromatic carbocycles. The van der Waals surface area contributed by atoms with Crippen molar-refractivity contribution in [2.24, 2.45) is 5.73 Å². The summed E-state index contributed by atoms with van der Waals surface area (Å²) in [5, 5.41) is 0. The summed E-state index contributed by atoms with van der Waals surface area (Å²) in [5.41, 5.74) is 4.79. The van der Waals surface area contributed by atoms with Crippen molar-refractivity contribution in [3.05, 3.63) is 0 Å². The quantitative estimate of drug-likeness (QED) is 0.589. The third-order valence-electron chi connectivity index (χ3n) is 1.19. The SMILES string of the molecule is CCOCCOCC(F)(F)CN. The molecule has 0 unspecified atom stereocenters. The van der Waals surface area contributed by atoms with Gasteiger partial charge in [-0.15, -0.1) is 0 Å². The van der Waals surface area contributed by atoms with Crippen molar-refractivity contribution in [3.8, 4) is 0 Å². The Hall–Kier alpha value is -0.260. The van der Waals surface area contributed by atoms with Crippen LogP contribution in [0.15, 0.2) is 0 Å². The molecule has 12 heavy (non-hydrogen) atoms. The number of nitrogens with two attached hydrogens (primary N) is 1. The Morgan fingerprint density at radius 2 is 1.83 bits per heavy atom. The van der Waals surface area contributed by atoms with Crippen LogP contribution in [0, 0.1) is 0 Å². The zero-order chi connectivity index (χ0) is 9.45. The molecule has 0 aromatic heterocycles. The van der Waals surface area contributed by atoms with E-state index in [9.17, 15) is 8.78 Å². The maximum absolute atomic E-state index is 12.4. The number of halogens is 2. The Balaban J connectivity index is 3.19. The van der Waals surface area contributed by atoms with E-state index in [0.29, 0.717) is 13.2 Å². The van der Waals surface area contributed by atoms with Gasteiger partial charge in [-0.25, -0.2) is 8.78 Å². The van der Waals surface area contributed by atoms with Crippen LogP contribution in [0.5, 0.6) is 0 Å². The van der Waals surface area contributed by atoms with Crippen LogP contribution in [0.1, 0.15) is 6.92 Å². The zero-order valence-corrected chi connectivity index (χ0v) is 7.19. The number of alkyl halides is 2. The molecule has 0 radical (unpaired) electrons. The highest BCUT2D eigenvalue weighted by Gasteiger charge is 2.26. The van der Waals surface area contributed by atoms with Gasteiger partial charge in [0.15, 0.2) is 0 Å². The third-order valence-corrected chi connectivity index (χ3v) is 1.19. The van der Waals surface area contributed by atoms with Crippen LogP contribution in [0.2, 0.25) is 0 Å². The van der Waals surface area contributed by atoms with Crippen molar-refractivity contribution in [1.29, 1.82) is 0 Å². The van der Waals surface area contributed by atoms with Crippen LogP contribution >= 0.6 is 0 Å². The summed E-state index contributed by atoms with van der Waals surface area (Å²) in [6, 6.07) is 0. The molecule has 2 N–H and O–H groups in total. The molecule has 0 saturated heterocycles. The van der Waals surface area contributed by atoms with Crippen LogP contribution in [-0.2, 0) is 9.47 Å². The van der Waals surface area contributed by atoms with E-state index in [1.807, 2.05) is 6.92 Å². The first-order valence-electron chi connectivity index (χ1n) is 3.86. The van der Waals surface area contributed by atoms with Crippen molar-refractivity contribution in [3.63, 3.8) is 0 Å². The second-order valence-electron chi connectivity index (χ2n) is 2.31. The largest absolute Gasteiger partial charge is 0.379 e. The van der Waals surface area contributed by atoms with Gasteiger partial charge in [0, 0.05) is 6.61 Å². The maximum Gasteiger partial charge on any atom is 0.282 e. The Morgan fingerprint density at radius 1 is 1.25 bits per heavy atom. The molecule has 0 heterocycles. The van der Waals surface area contributed by atoms with E-state index < -0.39 is 19.1 Å². The highest BCUT2D eigenvalue weighted by Crippen LogP contribution is 2.10. The minimum atomic E-state index is -2.91. The average Bonchev–Trinajstić information content (AvgIpc) is 2.04. The van der Waals surface area contributed by atoms with E-state index >= 15 is 0 Å². The summed E-state index contributed by atoms with van der Waals surface area (Å²) in [7, 11) is 0. The minimum Gasteiger partial charge on any atom is -0.379 e. The van der Waals surface area contributed by atoms with E-state index in [1.165, 1.54) is 0 Å². The summed E-state index contributed by atoms with van der Waals surface area (Å²) in [6.45, 7) is 1.61. The van der Waals surface area contributed by atoms with E-state index in [-0.39, 0.29) is 6.61 Å². The minimum absolute atomic E-state index is 0.184. The number of rotatable bonds is 7. The molecule has 0 bridgehead atoms. The molecule has 0 saturated carbocycles. The normalized spacial score (nSPS) is 12.0. The summed E-state index contributed by atoms with van der Waals surface area (Å²) < 4.78 is 34.3. The number of hydrogen-bond donors (Lipinski definition) is 1. The fourth-order valence-corrected chi connectivity index (χ4v) is 0.543. The fraction of sp³-hybridized carbons (Fsp3) is 1.00. The standard InChI is InChI=1S/C7H15F2NO2/c1-2-11-3-4-12-6-7(8,9)5-10/h2-6,10H2,1H3. The second kappa shape index (κ2) is 6.28. The first-order valence-corrected chi connectivity index (χ1v) is 3.86. The van der Waals surface area contributed by atoms with E-state index in [4.69, 9.17) is 10.5 Å². The van der Waals surface area contributed by atoms with Crippen molar-refractivity contribution in [1.82, 2.24) is 0 Å². The van der Waals surface area contributed by atoms with E-state index in [1.54, 1.807) is 0 Å². The molecular formula is C7H15F2NO2. The van der Waals surface area contributed by atoms with Gasteiger partial charge in [-0.2, -0.15) is 0 Å². The Kier molecular flexibility index (Phi) is 6.14. The summed E-state index contributed by atoms with van der Waals surface area (Å²) in [5.74, 6) is -2.91. The lowest BCUT2D eigenvalue weighted by atomic mass is 10.4. The lowest BCUT2D eigenvalue weighted by Gasteiger charge is -2.13. The smallest absolute Gasteiger partial charge is 0.282 e.